The van der Waals surface area contributed by atoms with E-state index in [1.54, 1.807) is 12.1 Å². The zero-order valence-corrected chi connectivity index (χ0v) is 17.9. The molecular formula is C22H28ClFN4O. The number of rotatable bonds is 4. The van der Waals surface area contributed by atoms with Crippen molar-refractivity contribution in [3.05, 3.63) is 51.6 Å². The minimum Gasteiger partial charge on any atom is -0.336 e. The lowest BCUT2D eigenvalue weighted by molar-refractivity contribution is -0.133. The van der Waals surface area contributed by atoms with Crippen LogP contribution in [0.5, 0.6) is 0 Å². The Kier molecular flexibility index (Phi) is 5.93. The molecule has 0 aliphatic carbocycles. The van der Waals surface area contributed by atoms with Gasteiger partial charge < -0.3 is 9.80 Å². The fourth-order valence-electron chi connectivity index (χ4n) is 4.47. The van der Waals surface area contributed by atoms with Crippen molar-refractivity contribution >= 4 is 17.5 Å². The Hall–Kier alpha value is -1.92. The average molecular weight is 419 g/mol. The van der Waals surface area contributed by atoms with Gasteiger partial charge in [-0.15, -0.1) is 0 Å². The van der Waals surface area contributed by atoms with Gasteiger partial charge in [0.1, 0.15) is 5.82 Å². The summed E-state index contributed by atoms with van der Waals surface area (Å²) in [6, 6.07) is 4.73. The van der Waals surface area contributed by atoms with Crippen LogP contribution >= 0.6 is 11.6 Å². The third-order valence-corrected chi connectivity index (χ3v) is 6.56. The molecular weight excluding hydrogens is 391 g/mol. The van der Waals surface area contributed by atoms with Crippen LogP contribution < -0.4 is 0 Å². The molecule has 156 valence electrons. The van der Waals surface area contributed by atoms with Crippen LogP contribution in [0.4, 0.5) is 4.39 Å². The van der Waals surface area contributed by atoms with Crippen molar-refractivity contribution in [3.63, 3.8) is 0 Å². The van der Waals surface area contributed by atoms with E-state index in [1.807, 2.05) is 16.5 Å². The molecule has 0 radical (unpaired) electrons. The lowest BCUT2D eigenvalue weighted by Crippen LogP contribution is -2.39. The van der Waals surface area contributed by atoms with Crippen LogP contribution in [0.2, 0.25) is 5.02 Å². The van der Waals surface area contributed by atoms with Gasteiger partial charge in [0.05, 0.1) is 24.5 Å². The maximum Gasteiger partial charge on any atom is 0.223 e. The standard InChI is InChI=1S/C22H28ClFN4O/c1-15-19-7-10-27(22(29)11-16-5-8-26(2)9-6-16)14-21(19)28(25-15)13-17-3-4-18(23)12-20(17)24/h3-4,12,16H,5-11,13-14H2,1-2H3. The lowest BCUT2D eigenvalue weighted by atomic mass is 9.93. The monoisotopic (exact) mass is 418 g/mol. The summed E-state index contributed by atoms with van der Waals surface area (Å²) in [4.78, 5) is 17.2. The third kappa shape index (κ3) is 4.48. The number of carbonyl (C=O) groups excluding carboxylic acids is 1. The highest BCUT2D eigenvalue weighted by Crippen LogP contribution is 2.26. The molecule has 29 heavy (non-hydrogen) atoms. The molecule has 3 heterocycles. The number of nitrogens with zero attached hydrogens (tertiary/aromatic N) is 4. The van der Waals surface area contributed by atoms with E-state index in [-0.39, 0.29) is 11.7 Å². The number of hydrogen-bond donors (Lipinski definition) is 0. The van der Waals surface area contributed by atoms with Gasteiger partial charge in [-0.3, -0.25) is 9.48 Å². The molecule has 0 spiro atoms. The Morgan fingerprint density at radius 3 is 2.76 bits per heavy atom. The molecule has 0 unspecified atom stereocenters. The van der Waals surface area contributed by atoms with Crippen LogP contribution in [0.15, 0.2) is 18.2 Å². The number of halogens is 2. The fourth-order valence-corrected chi connectivity index (χ4v) is 4.63. The van der Waals surface area contributed by atoms with E-state index < -0.39 is 0 Å². The Bertz CT molecular complexity index is 904. The first kappa shape index (κ1) is 20.4. The normalized spacial score (nSPS) is 18.1. The van der Waals surface area contributed by atoms with E-state index in [9.17, 15) is 9.18 Å². The molecule has 1 aromatic heterocycles. The van der Waals surface area contributed by atoms with Crippen molar-refractivity contribution in [2.75, 3.05) is 26.7 Å². The molecule has 5 nitrogen and oxygen atoms in total. The zero-order chi connectivity index (χ0) is 20.5. The predicted octanol–water partition coefficient (Wildman–Crippen LogP) is 3.65. The second kappa shape index (κ2) is 8.44. The van der Waals surface area contributed by atoms with Crippen molar-refractivity contribution in [2.24, 2.45) is 5.92 Å². The van der Waals surface area contributed by atoms with Crippen LogP contribution in [-0.2, 0) is 24.3 Å². The summed E-state index contributed by atoms with van der Waals surface area (Å²) in [5.41, 5.74) is 3.74. The molecule has 2 aliphatic rings. The van der Waals surface area contributed by atoms with Gasteiger partial charge >= 0.3 is 0 Å². The van der Waals surface area contributed by atoms with E-state index in [4.69, 9.17) is 11.6 Å². The fraction of sp³-hybridized carbons (Fsp3) is 0.545. The van der Waals surface area contributed by atoms with Gasteiger partial charge in [0, 0.05) is 23.6 Å². The van der Waals surface area contributed by atoms with Crippen molar-refractivity contribution < 1.29 is 9.18 Å². The quantitative estimate of drug-likeness (QED) is 0.761. The van der Waals surface area contributed by atoms with Crippen LogP contribution in [-0.4, -0.2) is 52.2 Å². The average Bonchev–Trinajstić information content (AvgIpc) is 3.01. The Labute approximate surface area is 176 Å². The van der Waals surface area contributed by atoms with Crippen LogP contribution in [0.3, 0.4) is 0 Å². The number of hydrogen-bond acceptors (Lipinski definition) is 3. The smallest absolute Gasteiger partial charge is 0.223 e. The summed E-state index contributed by atoms with van der Waals surface area (Å²) < 4.78 is 16.1. The van der Waals surface area contributed by atoms with E-state index in [2.05, 4.69) is 17.0 Å². The summed E-state index contributed by atoms with van der Waals surface area (Å²) in [5, 5.41) is 5.03. The van der Waals surface area contributed by atoms with Crippen molar-refractivity contribution in [3.8, 4) is 0 Å². The number of aromatic nitrogens is 2. The summed E-state index contributed by atoms with van der Waals surface area (Å²) in [6.45, 7) is 5.76. The number of likely N-dealkylation sites (tertiary alicyclic amines) is 1. The summed E-state index contributed by atoms with van der Waals surface area (Å²) in [7, 11) is 2.14. The van der Waals surface area contributed by atoms with Crippen LogP contribution in [0, 0.1) is 18.7 Å². The van der Waals surface area contributed by atoms with Gasteiger partial charge in [0.25, 0.3) is 0 Å². The van der Waals surface area contributed by atoms with Gasteiger partial charge in [0.15, 0.2) is 0 Å². The zero-order valence-electron chi connectivity index (χ0n) is 17.1. The Morgan fingerprint density at radius 1 is 1.28 bits per heavy atom. The number of piperidine rings is 1. The highest BCUT2D eigenvalue weighted by molar-refractivity contribution is 6.30. The summed E-state index contributed by atoms with van der Waals surface area (Å²) >= 11 is 5.87. The molecule has 2 aliphatic heterocycles. The SMILES string of the molecule is Cc1nn(Cc2ccc(Cl)cc2F)c2c1CCN(C(=O)CC1CCN(C)CC1)C2. The molecule has 2 aromatic rings. The molecule has 0 bridgehead atoms. The molecule has 0 N–H and O–H groups in total. The third-order valence-electron chi connectivity index (χ3n) is 6.33. The van der Waals surface area contributed by atoms with Gasteiger partial charge in [-0.1, -0.05) is 17.7 Å². The molecule has 1 amide bonds. The summed E-state index contributed by atoms with van der Waals surface area (Å²) in [5.74, 6) is 0.383. The molecule has 1 fully saturated rings. The maximum absolute atomic E-state index is 14.3. The highest BCUT2D eigenvalue weighted by atomic mass is 35.5. The number of aryl methyl sites for hydroxylation is 1. The van der Waals surface area contributed by atoms with Gasteiger partial charge in [-0.25, -0.2) is 4.39 Å². The lowest BCUT2D eigenvalue weighted by Gasteiger charge is -2.32. The van der Waals surface area contributed by atoms with Gasteiger partial charge in [-0.05, 0) is 69.9 Å². The first-order chi connectivity index (χ1) is 13.9. The van der Waals surface area contributed by atoms with Crippen molar-refractivity contribution in [1.82, 2.24) is 19.6 Å². The van der Waals surface area contributed by atoms with E-state index in [0.29, 0.717) is 36.0 Å². The van der Waals surface area contributed by atoms with Crippen LogP contribution in [0.1, 0.15) is 41.8 Å². The van der Waals surface area contributed by atoms with Crippen LogP contribution in [0.25, 0.3) is 0 Å². The largest absolute Gasteiger partial charge is 0.336 e. The Balaban J connectivity index is 1.47. The van der Waals surface area contributed by atoms with E-state index >= 15 is 0 Å². The highest BCUT2D eigenvalue weighted by Gasteiger charge is 2.28. The summed E-state index contributed by atoms with van der Waals surface area (Å²) in [6.07, 6.45) is 3.62. The number of benzene rings is 1. The number of carbonyl (C=O) groups is 1. The number of fused-ring (bicyclic) bond motifs is 1. The van der Waals surface area contributed by atoms with Gasteiger partial charge in [0.2, 0.25) is 5.91 Å². The van der Waals surface area contributed by atoms with E-state index in [0.717, 1.165) is 50.3 Å². The Morgan fingerprint density at radius 2 is 2.03 bits per heavy atom. The molecule has 4 rings (SSSR count). The van der Waals surface area contributed by atoms with Gasteiger partial charge in [-0.2, -0.15) is 5.10 Å². The second-order valence-electron chi connectivity index (χ2n) is 8.42. The molecule has 0 atom stereocenters. The second-order valence-corrected chi connectivity index (χ2v) is 8.86. The topological polar surface area (TPSA) is 41.4 Å². The first-order valence-electron chi connectivity index (χ1n) is 10.4. The molecule has 1 saturated heterocycles. The number of amides is 1. The minimum absolute atomic E-state index is 0.230. The minimum atomic E-state index is -0.328. The van der Waals surface area contributed by atoms with Crippen molar-refractivity contribution in [1.29, 1.82) is 0 Å². The van der Waals surface area contributed by atoms with E-state index in [1.165, 1.54) is 11.6 Å². The predicted molar refractivity (Wildman–Crippen MR) is 111 cm³/mol. The van der Waals surface area contributed by atoms with Crippen molar-refractivity contribution in [2.45, 2.75) is 45.7 Å². The maximum atomic E-state index is 14.3. The molecule has 7 heteroatoms. The first-order valence-corrected chi connectivity index (χ1v) is 10.7. The molecule has 1 aromatic carbocycles. The molecule has 0 saturated carbocycles.